The van der Waals surface area contributed by atoms with Crippen LogP contribution < -0.4 is 8.92 Å². The zero-order chi connectivity index (χ0) is 16.2. The molecule has 4 aromatic rings. The quantitative estimate of drug-likeness (QED) is 0.486. The predicted molar refractivity (Wildman–Crippen MR) is 101 cm³/mol. The molecule has 0 aliphatic rings. The molecule has 4 rings (SSSR count). The van der Waals surface area contributed by atoms with Crippen LogP contribution in [0.25, 0.3) is 22.6 Å². The number of rotatable bonds is 4. The number of furan rings is 1. The summed E-state index contributed by atoms with van der Waals surface area (Å²) in [5.74, 6) is 1.92. The Labute approximate surface area is 148 Å². The molecule has 0 unspecified atom stereocenters. The second kappa shape index (κ2) is 6.92. The van der Waals surface area contributed by atoms with Gasteiger partial charge in [-0.2, -0.15) is 0 Å². The molecule has 0 bridgehead atoms. The third-order valence-corrected chi connectivity index (χ3v) is 5.93. The van der Waals surface area contributed by atoms with E-state index in [1.54, 1.807) is 0 Å². The van der Waals surface area contributed by atoms with E-state index in [4.69, 9.17) is 4.42 Å². The Morgan fingerprint density at radius 2 is 1.12 bits per heavy atom. The minimum absolute atomic E-state index is 0.211. The van der Waals surface area contributed by atoms with Crippen LogP contribution in [0.2, 0.25) is 0 Å². The van der Waals surface area contributed by atoms with Gasteiger partial charge in [0.2, 0.25) is 0 Å². The molecule has 0 spiro atoms. The fraction of sp³-hybridized carbons (Fsp3) is 0. The molecule has 1 aromatic heterocycles. The first-order chi connectivity index (χ1) is 11.9. The molecule has 0 saturated heterocycles. The van der Waals surface area contributed by atoms with E-state index in [0.29, 0.717) is 0 Å². The van der Waals surface area contributed by atoms with Crippen molar-refractivity contribution < 1.29 is 4.42 Å². The summed E-state index contributed by atoms with van der Waals surface area (Å²) in [6, 6.07) is 33.5. The van der Waals surface area contributed by atoms with Gasteiger partial charge in [-0.1, -0.05) is 0 Å². The van der Waals surface area contributed by atoms with Crippen molar-refractivity contribution in [3.8, 4) is 22.6 Å². The second-order valence-corrected chi connectivity index (χ2v) is 7.79. The van der Waals surface area contributed by atoms with Crippen molar-refractivity contribution in [2.75, 3.05) is 0 Å². The van der Waals surface area contributed by atoms with E-state index in [1.165, 1.54) is 8.92 Å². The van der Waals surface area contributed by atoms with Crippen molar-refractivity contribution in [1.82, 2.24) is 0 Å². The Kier molecular flexibility index (Phi) is 4.33. The monoisotopic (exact) mass is 376 g/mol. The van der Waals surface area contributed by atoms with Crippen LogP contribution in [0.4, 0.5) is 0 Å². The summed E-state index contributed by atoms with van der Waals surface area (Å²) in [6.45, 7) is 0. The fourth-order valence-electron chi connectivity index (χ4n) is 2.60. The fourth-order valence-corrected chi connectivity index (χ4v) is 4.63. The first-order valence-electron chi connectivity index (χ1n) is 7.88. The molecule has 0 saturated carbocycles. The van der Waals surface area contributed by atoms with Gasteiger partial charge >= 0.3 is 148 Å². The molecule has 116 valence electrons. The normalized spacial score (nSPS) is 10.7. The zero-order valence-electron chi connectivity index (χ0n) is 13.1. The Hall–Kier alpha value is -2.54. The first-order valence-corrected chi connectivity index (χ1v) is 9.59. The summed E-state index contributed by atoms with van der Waals surface area (Å²) >= 11 is 0.211. The average molecular weight is 375 g/mol. The SMILES string of the molecule is c1ccc([Se]c2cc(-c3ccccc3)oc2-c2ccccc2)cc1. The van der Waals surface area contributed by atoms with Gasteiger partial charge in [0.05, 0.1) is 0 Å². The van der Waals surface area contributed by atoms with Gasteiger partial charge in [-0.25, -0.2) is 0 Å². The van der Waals surface area contributed by atoms with Crippen molar-refractivity contribution in [1.29, 1.82) is 0 Å². The molecule has 2 heteroatoms. The Balaban J connectivity index is 1.80. The Morgan fingerprint density at radius 3 is 1.75 bits per heavy atom. The summed E-state index contributed by atoms with van der Waals surface area (Å²) in [4.78, 5) is 0. The van der Waals surface area contributed by atoms with Gasteiger partial charge in [0.15, 0.2) is 0 Å². The van der Waals surface area contributed by atoms with Crippen molar-refractivity contribution in [2.45, 2.75) is 0 Å². The molecule has 1 heterocycles. The van der Waals surface area contributed by atoms with Crippen molar-refractivity contribution in [3.63, 3.8) is 0 Å². The first kappa shape index (κ1) is 15.0. The number of hydrogen-bond acceptors (Lipinski definition) is 1. The molecular weight excluding hydrogens is 359 g/mol. The van der Waals surface area contributed by atoms with E-state index >= 15 is 0 Å². The van der Waals surface area contributed by atoms with Gasteiger partial charge in [0.1, 0.15) is 0 Å². The summed E-state index contributed by atoms with van der Waals surface area (Å²) in [6.07, 6.45) is 0. The maximum atomic E-state index is 6.27. The summed E-state index contributed by atoms with van der Waals surface area (Å²) in [5, 5.41) is 0. The van der Waals surface area contributed by atoms with Gasteiger partial charge < -0.3 is 0 Å². The van der Waals surface area contributed by atoms with Gasteiger partial charge in [0, 0.05) is 0 Å². The zero-order valence-corrected chi connectivity index (χ0v) is 14.8. The van der Waals surface area contributed by atoms with Gasteiger partial charge in [-0.3, -0.25) is 0 Å². The molecule has 0 N–H and O–H groups in total. The molecule has 24 heavy (non-hydrogen) atoms. The Morgan fingerprint density at radius 1 is 0.583 bits per heavy atom. The topological polar surface area (TPSA) is 13.1 Å². The van der Waals surface area contributed by atoms with E-state index < -0.39 is 0 Å². The van der Waals surface area contributed by atoms with Crippen LogP contribution in [0.15, 0.2) is 101 Å². The number of hydrogen-bond donors (Lipinski definition) is 0. The molecule has 3 aromatic carbocycles. The van der Waals surface area contributed by atoms with Crippen LogP contribution in [0.3, 0.4) is 0 Å². The molecule has 0 aliphatic carbocycles. The maximum absolute atomic E-state index is 6.27. The van der Waals surface area contributed by atoms with E-state index in [1.807, 2.05) is 24.3 Å². The molecule has 0 amide bonds. The molecule has 1 nitrogen and oxygen atoms in total. The van der Waals surface area contributed by atoms with Gasteiger partial charge in [0.25, 0.3) is 0 Å². The van der Waals surface area contributed by atoms with Gasteiger partial charge in [-0.15, -0.1) is 0 Å². The average Bonchev–Trinajstić information content (AvgIpc) is 3.08. The summed E-state index contributed by atoms with van der Waals surface area (Å²) in [7, 11) is 0. The third-order valence-electron chi connectivity index (χ3n) is 3.76. The predicted octanol–water partition coefficient (Wildman–Crippen LogP) is 4.27. The molecule has 0 radical (unpaired) electrons. The Bertz CT molecular complexity index is 912. The van der Waals surface area contributed by atoms with E-state index in [9.17, 15) is 0 Å². The molecule has 0 atom stereocenters. The number of benzene rings is 3. The van der Waals surface area contributed by atoms with E-state index in [2.05, 4.69) is 72.8 Å². The van der Waals surface area contributed by atoms with Crippen LogP contribution in [0.1, 0.15) is 0 Å². The molecule has 0 fully saturated rings. The summed E-state index contributed by atoms with van der Waals surface area (Å²) < 4.78 is 8.90. The van der Waals surface area contributed by atoms with Crippen molar-refractivity contribution in [2.24, 2.45) is 0 Å². The van der Waals surface area contributed by atoms with Crippen molar-refractivity contribution >= 4 is 23.9 Å². The van der Waals surface area contributed by atoms with E-state index in [0.717, 1.165) is 22.6 Å². The standard InChI is InChI=1S/C22H16OSe/c1-4-10-17(11-5-1)20-16-21(24-19-14-8-3-9-15-19)22(23-20)18-12-6-2-7-13-18/h1-16H. The molecule has 0 aliphatic heterocycles. The summed E-state index contributed by atoms with van der Waals surface area (Å²) in [5.41, 5.74) is 2.25. The van der Waals surface area contributed by atoms with Crippen LogP contribution in [0.5, 0.6) is 0 Å². The third kappa shape index (κ3) is 3.21. The van der Waals surface area contributed by atoms with Crippen LogP contribution >= 0.6 is 0 Å². The van der Waals surface area contributed by atoms with Crippen LogP contribution in [-0.4, -0.2) is 15.0 Å². The van der Waals surface area contributed by atoms with Gasteiger partial charge in [-0.05, 0) is 0 Å². The molecular formula is C22H16OSe. The van der Waals surface area contributed by atoms with E-state index in [-0.39, 0.29) is 15.0 Å². The van der Waals surface area contributed by atoms with Crippen LogP contribution in [-0.2, 0) is 0 Å². The minimum atomic E-state index is 0.211. The van der Waals surface area contributed by atoms with Crippen molar-refractivity contribution in [3.05, 3.63) is 97.1 Å². The van der Waals surface area contributed by atoms with Crippen LogP contribution in [0, 0.1) is 0 Å². The second-order valence-electron chi connectivity index (χ2n) is 5.45.